The average Bonchev–Trinajstić information content (AvgIpc) is 3.98. The summed E-state index contributed by atoms with van der Waals surface area (Å²) in [6.07, 6.45) is 3.25. The third kappa shape index (κ3) is 9.59. The van der Waals surface area contributed by atoms with Crippen LogP contribution in [0.4, 0.5) is 0 Å². The third-order valence-corrected chi connectivity index (χ3v) is 10.8. The molecule has 1 fully saturated rings. The molecule has 0 spiro atoms. The van der Waals surface area contributed by atoms with Crippen molar-refractivity contribution in [2.75, 3.05) is 25.5 Å². The van der Waals surface area contributed by atoms with E-state index in [1.165, 1.54) is 29.2 Å². The maximum Gasteiger partial charge on any atom is 0.276 e. The predicted molar refractivity (Wildman–Crippen MR) is 205 cm³/mol. The van der Waals surface area contributed by atoms with Crippen LogP contribution >= 0.6 is 11.8 Å². The van der Waals surface area contributed by atoms with Gasteiger partial charge in [-0.25, -0.2) is 9.97 Å². The van der Waals surface area contributed by atoms with Crippen molar-refractivity contribution in [2.45, 2.75) is 81.6 Å². The lowest BCUT2D eigenvalue weighted by molar-refractivity contribution is -0.126. The molecule has 16 nitrogen and oxygen atoms in total. The van der Waals surface area contributed by atoms with Crippen molar-refractivity contribution >= 4 is 41.3 Å². The predicted octanol–water partition coefficient (Wildman–Crippen LogP) is 3.75. The SMILES string of the molecule is CC(C)C[C@H]1NC(=O)c2coc(n2)[C@H](Cc2ccccc2)NC(=O)[C@@H]2C[C@H](NC(=O)CCSc3ccc4c(c3)OCCO4)CN2C(=O)c2coc(n2)[C@@H](C)NC1=O. The van der Waals surface area contributed by atoms with Crippen LogP contribution in [0.3, 0.4) is 0 Å². The van der Waals surface area contributed by atoms with Crippen molar-refractivity contribution in [3.8, 4) is 11.5 Å². The second-order valence-corrected chi connectivity index (χ2v) is 15.8. The summed E-state index contributed by atoms with van der Waals surface area (Å²) < 4.78 is 22.7. The van der Waals surface area contributed by atoms with Gasteiger partial charge in [-0.2, -0.15) is 0 Å². The van der Waals surface area contributed by atoms with E-state index in [4.69, 9.17) is 18.3 Å². The summed E-state index contributed by atoms with van der Waals surface area (Å²) in [5, 5.41) is 11.6. The first kappa shape index (κ1) is 39.4. The Labute approximate surface area is 333 Å². The van der Waals surface area contributed by atoms with Crippen LogP contribution < -0.4 is 30.7 Å². The minimum absolute atomic E-state index is 0.0238. The molecule has 0 radical (unpaired) electrons. The van der Waals surface area contributed by atoms with Crippen LogP contribution in [0.2, 0.25) is 0 Å². The van der Waals surface area contributed by atoms with Crippen LogP contribution in [-0.4, -0.2) is 88.0 Å². The molecular weight excluding hydrogens is 755 g/mol. The van der Waals surface area contributed by atoms with Gasteiger partial charge in [0.2, 0.25) is 29.5 Å². The first-order valence-corrected chi connectivity index (χ1v) is 20.0. The zero-order valence-electron chi connectivity index (χ0n) is 31.8. The number of ether oxygens (including phenoxy) is 2. The lowest BCUT2D eigenvalue weighted by atomic mass is 10.0. The molecule has 2 aromatic heterocycles. The second kappa shape index (κ2) is 17.5. The Hall–Kier alpha value is -5.84. The first-order chi connectivity index (χ1) is 27.5. The monoisotopic (exact) mass is 799 g/mol. The van der Waals surface area contributed by atoms with Crippen LogP contribution in [0.1, 0.15) is 90.4 Å². The molecule has 0 unspecified atom stereocenters. The lowest BCUT2D eigenvalue weighted by Crippen LogP contribution is -2.48. The molecule has 0 saturated carbocycles. The van der Waals surface area contributed by atoms with Crippen molar-refractivity contribution in [2.24, 2.45) is 5.92 Å². The zero-order valence-corrected chi connectivity index (χ0v) is 32.6. The molecule has 1 saturated heterocycles. The van der Waals surface area contributed by atoms with E-state index in [1.807, 2.05) is 62.4 Å². The highest BCUT2D eigenvalue weighted by Gasteiger charge is 2.42. The number of carbonyl (C=O) groups excluding carboxylic acids is 5. The average molecular weight is 800 g/mol. The zero-order chi connectivity index (χ0) is 40.1. The molecule has 4 aromatic rings. The van der Waals surface area contributed by atoms with Gasteiger partial charge in [0.05, 0.1) is 0 Å². The summed E-state index contributed by atoms with van der Waals surface area (Å²) in [7, 11) is 0. The van der Waals surface area contributed by atoms with E-state index < -0.39 is 53.8 Å². The van der Waals surface area contributed by atoms with Gasteiger partial charge in [0.25, 0.3) is 11.8 Å². The van der Waals surface area contributed by atoms with Crippen LogP contribution in [0.25, 0.3) is 0 Å². The van der Waals surface area contributed by atoms with Crippen LogP contribution in [0, 0.1) is 5.92 Å². The van der Waals surface area contributed by atoms with E-state index in [1.54, 1.807) is 6.92 Å². The molecule has 300 valence electrons. The number of hydrogen-bond acceptors (Lipinski definition) is 12. The molecule has 4 N–H and O–H groups in total. The molecule has 3 aliphatic rings. The number of benzene rings is 2. The largest absolute Gasteiger partial charge is 0.486 e. The highest BCUT2D eigenvalue weighted by atomic mass is 32.2. The van der Waals surface area contributed by atoms with Gasteiger partial charge < -0.3 is 44.5 Å². The Balaban J connectivity index is 1.12. The Kier molecular flexibility index (Phi) is 12.1. The first-order valence-electron chi connectivity index (χ1n) is 19.0. The van der Waals surface area contributed by atoms with Gasteiger partial charge in [-0.1, -0.05) is 44.2 Å². The quantitative estimate of drug-likeness (QED) is 0.179. The summed E-state index contributed by atoms with van der Waals surface area (Å²) in [6.45, 7) is 6.50. The number of oxazole rings is 2. The molecule has 4 bridgehead atoms. The highest BCUT2D eigenvalue weighted by molar-refractivity contribution is 7.99. The number of amides is 5. The summed E-state index contributed by atoms with van der Waals surface area (Å²) in [6, 6.07) is 10.9. The summed E-state index contributed by atoms with van der Waals surface area (Å²) in [4.78, 5) is 79.8. The minimum Gasteiger partial charge on any atom is -0.486 e. The van der Waals surface area contributed by atoms with Gasteiger partial charge >= 0.3 is 0 Å². The maximum atomic E-state index is 14.3. The number of hydrogen-bond donors (Lipinski definition) is 4. The molecular formula is C40H45N7O9S. The van der Waals surface area contributed by atoms with Crippen molar-refractivity contribution in [3.05, 3.63) is 89.8 Å². The normalized spacial score (nSPS) is 22.5. The number of nitrogens with zero attached hydrogens (tertiary/aromatic N) is 3. The number of thioether (sulfide) groups is 1. The van der Waals surface area contributed by atoms with Gasteiger partial charge in [0.15, 0.2) is 22.9 Å². The standard InChI is InChI=1S/C40H45N7O9S/c1-22(2)15-27-35(49)41-23(3)38-46-30(21-55-38)40(52)47-19-25(42-34(48)11-14-57-26-9-10-32-33(18-26)54-13-12-53-32)17-31(47)37(51)44-28(16-24-7-5-4-6-8-24)39-45-29(20-56-39)36(50)43-27/h4-10,18,20-23,25,27-28,31H,11-17,19H2,1-3H3,(H,41,49)(H,42,48)(H,43,50)(H,44,51)/t23-,25+,27-,28+,31+/m1/s1. The number of nitrogens with one attached hydrogen (secondary N) is 4. The number of fused-ring (bicyclic) bond motifs is 6. The minimum atomic E-state index is -1.03. The van der Waals surface area contributed by atoms with Gasteiger partial charge in [-0.15, -0.1) is 11.8 Å². The fraction of sp³-hybridized carbons (Fsp3) is 0.425. The van der Waals surface area contributed by atoms with Crippen molar-refractivity contribution < 1.29 is 42.3 Å². The molecule has 17 heteroatoms. The lowest BCUT2D eigenvalue weighted by Gasteiger charge is -2.25. The summed E-state index contributed by atoms with van der Waals surface area (Å²) >= 11 is 1.50. The van der Waals surface area contributed by atoms with E-state index >= 15 is 0 Å². The van der Waals surface area contributed by atoms with Crippen molar-refractivity contribution in [1.29, 1.82) is 0 Å². The van der Waals surface area contributed by atoms with Crippen molar-refractivity contribution in [1.82, 2.24) is 36.1 Å². The number of carbonyl (C=O) groups is 5. The van der Waals surface area contributed by atoms with Crippen LogP contribution in [-0.2, 0) is 20.8 Å². The molecule has 3 aliphatic heterocycles. The topological polar surface area (TPSA) is 207 Å². The summed E-state index contributed by atoms with van der Waals surface area (Å²) in [5.41, 5.74) is 0.710. The number of rotatable bonds is 9. The van der Waals surface area contributed by atoms with E-state index in [-0.39, 0.29) is 60.8 Å². The molecule has 2 aromatic carbocycles. The van der Waals surface area contributed by atoms with Gasteiger partial charge in [-0.05, 0) is 49.4 Å². The van der Waals surface area contributed by atoms with Gasteiger partial charge in [-0.3, -0.25) is 24.0 Å². The van der Waals surface area contributed by atoms with E-state index in [2.05, 4.69) is 31.2 Å². The Morgan fingerprint density at radius 3 is 2.42 bits per heavy atom. The van der Waals surface area contributed by atoms with Gasteiger partial charge in [0, 0.05) is 36.1 Å². The third-order valence-electron chi connectivity index (χ3n) is 9.79. The van der Waals surface area contributed by atoms with E-state index in [9.17, 15) is 24.0 Å². The van der Waals surface area contributed by atoms with Crippen LogP contribution in [0.15, 0.2) is 74.8 Å². The van der Waals surface area contributed by atoms with E-state index in [0.29, 0.717) is 36.9 Å². The smallest absolute Gasteiger partial charge is 0.276 e. The molecule has 5 heterocycles. The fourth-order valence-corrected chi connectivity index (χ4v) is 7.88. The second-order valence-electron chi connectivity index (χ2n) is 14.7. The molecule has 57 heavy (non-hydrogen) atoms. The van der Waals surface area contributed by atoms with Gasteiger partial charge in [0.1, 0.15) is 49.9 Å². The molecule has 7 rings (SSSR count). The Morgan fingerprint density at radius 1 is 0.895 bits per heavy atom. The molecule has 0 aliphatic carbocycles. The molecule has 5 amide bonds. The van der Waals surface area contributed by atoms with E-state index in [0.717, 1.165) is 10.5 Å². The number of aromatic nitrogens is 2. The Morgan fingerprint density at radius 2 is 1.63 bits per heavy atom. The fourth-order valence-electron chi connectivity index (χ4n) is 7.00. The Bertz CT molecular complexity index is 2100. The highest BCUT2D eigenvalue weighted by Crippen LogP contribution is 2.34. The maximum absolute atomic E-state index is 14.3. The van der Waals surface area contributed by atoms with Crippen LogP contribution in [0.5, 0.6) is 11.5 Å². The molecule has 5 atom stereocenters. The summed E-state index contributed by atoms with van der Waals surface area (Å²) in [5.74, 6) is -0.419. The van der Waals surface area contributed by atoms with Crippen molar-refractivity contribution in [3.63, 3.8) is 0 Å².